The zero-order valence-electron chi connectivity index (χ0n) is 10.0. The smallest absolute Gasteiger partial charge is 0.168 e. The standard InChI is InChI=1S/C14H13ClN2OS/c15-10-6-7-12(17-14(16)19)11(8-10)13(18)9-4-2-1-3-5-9/h1-8,13,18H,(H3,16,17,19). The van der Waals surface area contributed by atoms with E-state index in [-0.39, 0.29) is 5.11 Å². The Morgan fingerprint density at radius 1 is 1.21 bits per heavy atom. The predicted molar refractivity (Wildman–Crippen MR) is 82.4 cm³/mol. The first-order valence-corrected chi connectivity index (χ1v) is 6.45. The van der Waals surface area contributed by atoms with Gasteiger partial charge >= 0.3 is 0 Å². The van der Waals surface area contributed by atoms with Gasteiger partial charge in [-0.2, -0.15) is 0 Å². The van der Waals surface area contributed by atoms with E-state index in [0.29, 0.717) is 16.3 Å². The minimum absolute atomic E-state index is 0.142. The first-order valence-electron chi connectivity index (χ1n) is 5.67. The first-order chi connectivity index (χ1) is 9.08. The average molecular weight is 293 g/mol. The lowest BCUT2D eigenvalue weighted by atomic mass is 10.00. The molecule has 0 aliphatic rings. The van der Waals surface area contributed by atoms with Crippen LogP contribution in [0.2, 0.25) is 5.02 Å². The van der Waals surface area contributed by atoms with E-state index in [1.807, 2.05) is 30.3 Å². The van der Waals surface area contributed by atoms with Crippen molar-refractivity contribution >= 4 is 34.6 Å². The summed E-state index contributed by atoms with van der Waals surface area (Å²) in [6, 6.07) is 14.5. The molecule has 2 rings (SSSR count). The topological polar surface area (TPSA) is 58.3 Å². The number of benzene rings is 2. The van der Waals surface area contributed by atoms with Gasteiger partial charge in [-0.15, -0.1) is 0 Å². The highest BCUT2D eigenvalue weighted by molar-refractivity contribution is 7.80. The van der Waals surface area contributed by atoms with E-state index in [1.54, 1.807) is 18.2 Å². The van der Waals surface area contributed by atoms with E-state index in [1.165, 1.54) is 0 Å². The fraction of sp³-hybridized carbons (Fsp3) is 0.0714. The molecule has 0 saturated heterocycles. The third kappa shape index (κ3) is 3.44. The number of hydrogen-bond donors (Lipinski definition) is 3. The summed E-state index contributed by atoms with van der Waals surface area (Å²) in [6.45, 7) is 0. The van der Waals surface area contributed by atoms with Crippen LogP contribution in [-0.2, 0) is 0 Å². The number of halogens is 1. The lowest BCUT2D eigenvalue weighted by Gasteiger charge is -2.17. The summed E-state index contributed by atoms with van der Waals surface area (Å²) in [5.41, 5.74) is 7.53. The van der Waals surface area contributed by atoms with Crippen molar-refractivity contribution < 1.29 is 5.11 Å². The lowest BCUT2D eigenvalue weighted by Crippen LogP contribution is -2.20. The predicted octanol–water partition coefficient (Wildman–Crippen LogP) is 3.08. The van der Waals surface area contributed by atoms with Crippen LogP contribution in [0.1, 0.15) is 17.2 Å². The van der Waals surface area contributed by atoms with Gasteiger partial charge in [0.05, 0.1) is 0 Å². The Morgan fingerprint density at radius 2 is 1.89 bits per heavy atom. The third-order valence-electron chi connectivity index (χ3n) is 2.68. The molecule has 0 fully saturated rings. The summed E-state index contributed by atoms with van der Waals surface area (Å²) < 4.78 is 0. The van der Waals surface area contributed by atoms with Gasteiger partial charge in [0.15, 0.2) is 5.11 Å². The van der Waals surface area contributed by atoms with E-state index in [0.717, 1.165) is 5.56 Å². The fourth-order valence-corrected chi connectivity index (χ4v) is 2.11. The highest BCUT2D eigenvalue weighted by Gasteiger charge is 2.15. The molecule has 1 atom stereocenters. The number of nitrogens with one attached hydrogen (secondary N) is 1. The molecule has 3 nitrogen and oxygen atoms in total. The van der Waals surface area contributed by atoms with Gasteiger partial charge in [-0.25, -0.2) is 0 Å². The average Bonchev–Trinajstić information content (AvgIpc) is 2.40. The lowest BCUT2D eigenvalue weighted by molar-refractivity contribution is 0.221. The van der Waals surface area contributed by atoms with Gasteiger partial charge in [0.1, 0.15) is 6.10 Å². The molecule has 19 heavy (non-hydrogen) atoms. The summed E-state index contributed by atoms with van der Waals surface area (Å²) in [4.78, 5) is 0. The quantitative estimate of drug-likeness (QED) is 0.761. The van der Waals surface area contributed by atoms with Gasteiger partial charge < -0.3 is 16.2 Å². The monoisotopic (exact) mass is 292 g/mol. The van der Waals surface area contributed by atoms with Crippen molar-refractivity contribution in [2.75, 3.05) is 5.32 Å². The van der Waals surface area contributed by atoms with Crippen LogP contribution in [0.3, 0.4) is 0 Å². The Balaban J connectivity index is 2.42. The Kier molecular flexibility index (Phi) is 4.37. The van der Waals surface area contributed by atoms with E-state index in [9.17, 15) is 5.11 Å². The minimum atomic E-state index is -0.795. The van der Waals surface area contributed by atoms with Crippen LogP contribution in [-0.4, -0.2) is 10.2 Å². The molecule has 5 heteroatoms. The van der Waals surface area contributed by atoms with Crippen LogP contribution >= 0.6 is 23.8 Å². The number of hydrogen-bond acceptors (Lipinski definition) is 2. The van der Waals surface area contributed by atoms with E-state index in [2.05, 4.69) is 5.32 Å². The second-order valence-corrected chi connectivity index (χ2v) is 4.91. The normalized spacial score (nSPS) is 11.9. The maximum atomic E-state index is 10.4. The Morgan fingerprint density at radius 3 is 2.53 bits per heavy atom. The maximum absolute atomic E-state index is 10.4. The number of nitrogens with two attached hydrogens (primary N) is 1. The van der Waals surface area contributed by atoms with Crippen LogP contribution < -0.4 is 11.1 Å². The van der Waals surface area contributed by atoms with Crippen molar-refractivity contribution in [3.05, 3.63) is 64.7 Å². The molecule has 1 unspecified atom stereocenters. The van der Waals surface area contributed by atoms with Gasteiger partial charge in [-0.05, 0) is 36.0 Å². The van der Waals surface area contributed by atoms with Gasteiger partial charge in [0.25, 0.3) is 0 Å². The molecule has 0 spiro atoms. The summed E-state index contributed by atoms with van der Waals surface area (Å²) in [5.74, 6) is 0. The number of anilines is 1. The van der Waals surface area contributed by atoms with Crippen LogP contribution in [0.5, 0.6) is 0 Å². The molecule has 0 radical (unpaired) electrons. The van der Waals surface area contributed by atoms with E-state index < -0.39 is 6.10 Å². The van der Waals surface area contributed by atoms with Gasteiger partial charge in [0, 0.05) is 16.3 Å². The maximum Gasteiger partial charge on any atom is 0.168 e. The summed E-state index contributed by atoms with van der Waals surface area (Å²) in [5, 5.41) is 14.0. The Labute approximate surface area is 122 Å². The zero-order valence-corrected chi connectivity index (χ0v) is 11.6. The van der Waals surface area contributed by atoms with Crippen molar-refractivity contribution in [3.63, 3.8) is 0 Å². The molecule has 0 aromatic heterocycles. The molecule has 4 N–H and O–H groups in total. The van der Waals surface area contributed by atoms with Gasteiger partial charge in [-0.1, -0.05) is 41.9 Å². The van der Waals surface area contributed by atoms with Gasteiger partial charge in [-0.3, -0.25) is 0 Å². The van der Waals surface area contributed by atoms with Crippen molar-refractivity contribution in [2.24, 2.45) is 5.73 Å². The number of thiocarbonyl (C=S) groups is 1. The number of aliphatic hydroxyl groups is 1. The Hall–Kier alpha value is -1.62. The fourth-order valence-electron chi connectivity index (χ4n) is 1.82. The second-order valence-electron chi connectivity index (χ2n) is 4.03. The SMILES string of the molecule is NC(=S)Nc1ccc(Cl)cc1C(O)c1ccccc1. The summed E-state index contributed by atoms with van der Waals surface area (Å²) >= 11 is 10.8. The van der Waals surface area contributed by atoms with Crippen LogP contribution in [0.25, 0.3) is 0 Å². The zero-order chi connectivity index (χ0) is 13.8. The van der Waals surface area contributed by atoms with Gasteiger partial charge in [0.2, 0.25) is 0 Å². The second kappa shape index (κ2) is 6.02. The molecule has 0 saturated carbocycles. The summed E-state index contributed by atoms with van der Waals surface area (Å²) in [7, 11) is 0. The largest absolute Gasteiger partial charge is 0.384 e. The van der Waals surface area contributed by atoms with Crippen LogP contribution in [0, 0.1) is 0 Å². The van der Waals surface area contributed by atoms with Crippen molar-refractivity contribution in [1.29, 1.82) is 0 Å². The van der Waals surface area contributed by atoms with Crippen LogP contribution in [0.15, 0.2) is 48.5 Å². The molecular formula is C14H13ClN2OS. The van der Waals surface area contributed by atoms with E-state index in [4.69, 9.17) is 29.6 Å². The summed E-state index contributed by atoms with van der Waals surface area (Å²) in [6.07, 6.45) is -0.795. The molecule has 0 bridgehead atoms. The molecular weight excluding hydrogens is 280 g/mol. The molecule has 0 aliphatic carbocycles. The van der Waals surface area contributed by atoms with Crippen molar-refractivity contribution in [2.45, 2.75) is 6.10 Å². The highest BCUT2D eigenvalue weighted by Crippen LogP contribution is 2.30. The highest BCUT2D eigenvalue weighted by atomic mass is 35.5. The molecule has 2 aromatic carbocycles. The number of aliphatic hydroxyl groups excluding tert-OH is 1. The molecule has 98 valence electrons. The minimum Gasteiger partial charge on any atom is -0.384 e. The van der Waals surface area contributed by atoms with Crippen molar-refractivity contribution in [3.8, 4) is 0 Å². The Bertz CT molecular complexity index is 589. The molecule has 0 heterocycles. The first kappa shape index (κ1) is 13.8. The van der Waals surface area contributed by atoms with Crippen molar-refractivity contribution in [1.82, 2.24) is 0 Å². The number of rotatable bonds is 3. The molecule has 2 aromatic rings. The third-order valence-corrected chi connectivity index (χ3v) is 3.02. The van der Waals surface area contributed by atoms with E-state index >= 15 is 0 Å². The molecule has 0 aliphatic heterocycles. The molecule has 0 amide bonds. The van der Waals surface area contributed by atoms with Crippen LogP contribution in [0.4, 0.5) is 5.69 Å².